The van der Waals surface area contributed by atoms with Gasteiger partial charge in [0.15, 0.2) is 6.20 Å². The topological polar surface area (TPSA) is 3.88 Å². The molecule has 0 fully saturated rings. The zero-order valence-electron chi connectivity index (χ0n) is 20.9. The molecule has 0 aliphatic carbocycles. The maximum absolute atomic E-state index is 13.5. The normalized spacial score (nSPS) is 12.8. The fraction of sp³-hybridized carbons (Fsp3) is 0.300. The Balaban J connectivity index is 1.73. The molecular weight excluding hydrogens is 463 g/mol. The first-order valence-electron chi connectivity index (χ1n) is 11.8. The number of thiophene rings is 1. The highest BCUT2D eigenvalue weighted by Crippen LogP contribution is 2.43. The predicted octanol–water partition coefficient (Wildman–Crippen LogP) is 8.76. The quantitative estimate of drug-likeness (QED) is 0.175. The van der Waals surface area contributed by atoms with E-state index in [-0.39, 0.29) is 6.42 Å². The van der Waals surface area contributed by atoms with Crippen molar-refractivity contribution in [3.63, 3.8) is 0 Å². The lowest BCUT2D eigenvalue weighted by molar-refractivity contribution is -0.659. The van der Waals surface area contributed by atoms with Gasteiger partial charge in [-0.15, -0.1) is 11.3 Å². The molecule has 1 nitrogen and oxygen atoms in total. The molecule has 0 saturated carbocycles. The van der Waals surface area contributed by atoms with Crippen LogP contribution in [0.3, 0.4) is 0 Å². The van der Waals surface area contributed by atoms with Crippen molar-refractivity contribution in [2.45, 2.75) is 47.2 Å². The van der Waals surface area contributed by atoms with Gasteiger partial charge in [-0.25, -0.2) is 4.57 Å². The van der Waals surface area contributed by atoms with E-state index >= 15 is 0 Å². The third-order valence-electron chi connectivity index (χ3n) is 7.31. The molecule has 0 radical (unpaired) electrons. The number of pyridine rings is 1. The standard InChI is InChI=1S/C30H29F3NS/c1-17-13-18(2)19(3)25(14-17)28-24-8-7-22-21(23(24)11-12-34(28)6)9-10-27-26(22)15-20(35-27)16-29(4,5)30(31,32)33/h7-15H,16H2,1-6H3/q+1. The van der Waals surface area contributed by atoms with Crippen molar-refractivity contribution < 1.29 is 17.7 Å². The molecule has 0 saturated heterocycles. The number of hydrogen-bond donors (Lipinski definition) is 0. The summed E-state index contributed by atoms with van der Waals surface area (Å²) in [6, 6.07) is 17.0. The van der Waals surface area contributed by atoms with Gasteiger partial charge in [0.25, 0.3) is 0 Å². The van der Waals surface area contributed by atoms with E-state index in [1.165, 1.54) is 58.5 Å². The van der Waals surface area contributed by atoms with Crippen molar-refractivity contribution >= 4 is 43.0 Å². The highest BCUT2D eigenvalue weighted by atomic mass is 32.1. The number of nitrogens with zero attached hydrogens (tertiary/aromatic N) is 1. The maximum atomic E-state index is 13.5. The molecule has 5 rings (SSSR count). The second-order valence-electron chi connectivity index (χ2n) is 10.4. The predicted molar refractivity (Wildman–Crippen MR) is 141 cm³/mol. The van der Waals surface area contributed by atoms with Gasteiger partial charge < -0.3 is 0 Å². The fourth-order valence-corrected chi connectivity index (χ4v) is 6.39. The first-order chi connectivity index (χ1) is 16.4. The lowest BCUT2D eigenvalue weighted by Gasteiger charge is -2.26. The molecular formula is C30H29F3NS+. The van der Waals surface area contributed by atoms with E-state index in [0.717, 1.165) is 31.1 Å². The van der Waals surface area contributed by atoms with Crippen molar-refractivity contribution in [1.29, 1.82) is 0 Å². The van der Waals surface area contributed by atoms with Crippen LogP contribution in [0.25, 0.3) is 42.9 Å². The van der Waals surface area contributed by atoms with Gasteiger partial charge in [-0.05, 0) is 73.4 Å². The molecule has 0 bridgehead atoms. The van der Waals surface area contributed by atoms with Gasteiger partial charge in [0.1, 0.15) is 7.05 Å². The van der Waals surface area contributed by atoms with Crippen molar-refractivity contribution in [1.82, 2.24) is 0 Å². The van der Waals surface area contributed by atoms with E-state index in [1.807, 2.05) is 6.07 Å². The Morgan fingerprint density at radius 3 is 2.14 bits per heavy atom. The van der Waals surface area contributed by atoms with E-state index < -0.39 is 11.6 Å². The Labute approximate surface area is 207 Å². The maximum Gasteiger partial charge on any atom is 0.394 e. The number of hydrogen-bond acceptors (Lipinski definition) is 1. The molecule has 0 N–H and O–H groups in total. The Hall–Kier alpha value is -2.92. The number of rotatable bonds is 3. The molecule has 180 valence electrons. The van der Waals surface area contributed by atoms with Crippen LogP contribution in [-0.2, 0) is 13.5 Å². The Morgan fingerprint density at radius 2 is 1.43 bits per heavy atom. The zero-order valence-corrected chi connectivity index (χ0v) is 21.7. The fourth-order valence-electron chi connectivity index (χ4n) is 5.08. The summed E-state index contributed by atoms with van der Waals surface area (Å²) in [6.45, 7) is 9.00. The molecule has 2 heterocycles. The molecule has 35 heavy (non-hydrogen) atoms. The molecule has 0 aliphatic rings. The van der Waals surface area contributed by atoms with Crippen molar-refractivity contribution in [3.8, 4) is 11.3 Å². The van der Waals surface area contributed by atoms with Crippen LogP contribution in [0, 0.1) is 26.2 Å². The molecule has 5 aromatic rings. The summed E-state index contributed by atoms with van der Waals surface area (Å²) in [5.41, 5.74) is 4.41. The monoisotopic (exact) mass is 492 g/mol. The number of aromatic nitrogens is 1. The Morgan fingerprint density at radius 1 is 0.800 bits per heavy atom. The highest BCUT2D eigenvalue weighted by Gasteiger charge is 2.47. The smallest absolute Gasteiger partial charge is 0.200 e. The summed E-state index contributed by atoms with van der Waals surface area (Å²) in [5, 5.41) is 5.56. The van der Waals surface area contributed by atoms with Gasteiger partial charge >= 0.3 is 6.18 Å². The average Bonchev–Trinajstić information content (AvgIpc) is 3.17. The first kappa shape index (κ1) is 23.8. The molecule has 0 unspecified atom stereocenters. The molecule has 0 aliphatic heterocycles. The average molecular weight is 493 g/mol. The van der Waals surface area contributed by atoms with Gasteiger partial charge in [0.05, 0.1) is 16.4 Å². The van der Waals surface area contributed by atoms with Gasteiger partial charge in [-0.3, -0.25) is 0 Å². The number of benzene rings is 3. The van der Waals surface area contributed by atoms with Crippen molar-refractivity contribution in [2.75, 3.05) is 0 Å². The van der Waals surface area contributed by atoms with Crippen LogP contribution in [0.5, 0.6) is 0 Å². The third kappa shape index (κ3) is 3.90. The van der Waals surface area contributed by atoms with Crippen LogP contribution >= 0.6 is 11.3 Å². The minimum absolute atomic E-state index is 0.0170. The lowest BCUT2D eigenvalue weighted by Crippen LogP contribution is -2.33. The molecule has 0 spiro atoms. The highest BCUT2D eigenvalue weighted by molar-refractivity contribution is 7.19. The third-order valence-corrected chi connectivity index (χ3v) is 8.41. The van der Waals surface area contributed by atoms with Crippen LogP contribution in [0.15, 0.2) is 54.7 Å². The van der Waals surface area contributed by atoms with Crippen LogP contribution in [-0.4, -0.2) is 6.18 Å². The summed E-state index contributed by atoms with van der Waals surface area (Å²) in [6.07, 6.45) is -2.15. The Bertz CT molecular complexity index is 1620. The summed E-state index contributed by atoms with van der Waals surface area (Å²) in [4.78, 5) is 0.765. The molecule has 2 aromatic heterocycles. The van der Waals surface area contributed by atoms with E-state index in [9.17, 15) is 13.2 Å². The Kier molecular flexibility index (Phi) is 5.48. The summed E-state index contributed by atoms with van der Waals surface area (Å²) < 4.78 is 43.7. The SMILES string of the molecule is Cc1cc(C)c(C)c(-c2c3ccc4c5cc(CC(C)(C)C(F)(F)F)sc5ccc4c3cc[n+]2C)c1. The zero-order chi connectivity index (χ0) is 25.3. The minimum Gasteiger partial charge on any atom is -0.200 e. The van der Waals surface area contributed by atoms with Crippen LogP contribution < -0.4 is 4.57 Å². The van der Waals surface area contributed by atoms with Gasteiger partial charge in [0.2, 0.25) is 5.69 Å². The summed E-state index contributed by atoms with van der Waals surface area (Å²) in [7, 11) is 2.08. The molecule has 3 aromatic carbocycles. The second-order valence-corrected chi connectivity index (χ2v) is 11.6. The number of aryl methyl sites for hydroxylation is 3. The first-order valence-corrected chi connectivity index (χ1v) is 12.6. The lowest BCUT2D eigenvalue weighted by atomic mass is 9.87. The van der Waals surface area contributed by atoms with E-state index in [4.69, 9.17) is 0 Å². The van der Waals surface area contributed by atoms with E-state index in [1.54, 1.807) is 0 Å². The number of fused-ring (bicyclic) bond motifs is 5. The van der Waals surface area contributed by atoms with Crippen molar-refractivity contribution in [2.24, 2.45) is 12.5 Å². The molecule has 5 heteroatoms. The van der Waals surface area contributed by atoms with Crippen LogP contribution in [0.1, 0.15) is 35.4 Å². The largest absolute Gasteiger partial charge is 0.394 e. The van der Waals surface area contributed by atoms with Crippen LogP contribution in [0.4, 0.5) is 13.2 Å². The van der Waals surface area contributed by atoms with Crippen LogP contribution in [0.2, 0.25) is 0 Å². The van der Waals surface area contributed by atoms with E-state index in [2.05, 4.69) is 81.0 Å². The van der Waals surface area contributed by atoms with Gasteiger partial charge in [-0.1, -0.05) is 37.6 Å². The molecule has 0 amide bonds. The van der Waals surface area contributed by atoms with Gasteiger partial charge in [-0.2, -0.15) is 13.2 Å². The van der Waals surface area contributed by atoms with Gasteiger partial charge in [0, 0.05) is 26.4 Å². The summed E-state index contributed by atoms with van der Waals surface area (Å²) in [5.74, 6) is 0. The number of alkyl halides is 3. The number of halogens is 3. The minimum atomic E-state index is -4.24. The van der Waals surface area contributed by atoms with E-state index in [0.29, 0.717) is 0 Å². The molecule has 0 atom stereocenters. The second kappa shape index (κ2) is 8.06. The summed E-state index contributed by atoms with van der Waals surface area (Å²) >= 11 is 1.46. The van der Waals surface area contributed by atoms with Crippen molar-refractivity contribution in [3.05, 3.63) is 76.3 Å².